The van der Waals surface area contributed by atoms with E-state index < -0.39 is 6.09 Å². The van der Waals surface area contributed by atoms with Crippen molar-refractivity contribution in [2.45, 2.75) is 20.0 Å². The molecule has 0 aliphatic rings. The highest BCUT2D eigenvalue weighted by molar-refractivity contribution is 5.66. The Kier molecular flexibility index (Phi) is 3.98. The van der Waals surface area contributed by atoms with Gasteiger partial charge in [0.1, 0.15) is 6.61 Å². The second-order valence-electron chi connectivity index (χ2n) is 2.95. The fraction of sp³-hybridized carbons (Fsp3) is 0.364. The van der Waals surface area contributed by atoms with Crippen molar-refractivity contribution in [3.8, 4) is 0 Å². The van der Waals surface area contributed by atoms with E-state index in [2.05, 4.69) is 12.2 Å². The quantitative estimate of drug-likeness (QED) is 0.798. The molecule has 1 amide bonds. The van der Waals surface area contributed by atoms with Crippen LogP contribution in [0.4, 0.5) is 4.79 Å². The summed E-state index contributed by atoms with van der Waals surface area (Å²) < 4.78 is 4.97. The van der Waals surface area contributed by atoms with Crippen LogP contribution in [0.25, 0.3) is 0 Å². The molecule has 0 bridgehead atoms. The number of carbonyl (C=O) groups is 1. The molecule has 0 atom stereocenters. The predicted octanol–water partition coefficient (Wildman–Crippen LogP) is 2.10. The van der Waals surface area contributed by atoms with E-state index in [0.717, 1.165) is 12.0 Å². The molecule has 0 aliphatic carbocycles. The van der Waals surface area contributed by atoms with Gasteiger partial charge in [-0.2, -0.15) is 0 Å². The van der Waals surface area contributed by atoms with Crippen molar-refractivity contribution in [3.05, 3.63) is 35.4 Å². The van der Waals surface area contributed by atoms with Gasteiger partial charge in [0, 0.05) is 7.05 Å². The highest BCUT2D eigenvalue weighted by atomic mass is 16.5. The third-order valence-corrected chi connectivity index (χ3v) is 2.06. The van der Waals surface area contributed by atoms with Crippen LogP contribution >= 0.6 is 0 Å². The standard InChI is InChI=1S/C11H15NO2/c1-3-9-6-4-5-7-10(9)8-14-11(13)12-2/h4-7H,3,8H2,1-2H3,(H,12,13). The van der Waals surface area contributed by atoms with Gasteiger partial charge >= 0.3 is 6.09 Å². The Morgan fingerprint density at radius 1 is 1.36 bits per heavy atom. The van der Waals surface area contributed by atoms with Crippen LogP contribution in [0.1, 0.15) is 18.1 Å². The first-order chi connectivity index (χ1) is 6.77. The first kappa shape index (κ1) is 10.6. The van der Waals surface area contributed by atoms with E-state index in [1.165, 1.54) is 5.56 Å². The van der Waals surface area contributed by atoms with E-state index in [1.54, 1.807) is 7.05 Å². The predicted molar refractivity (Wildman–Crippen MR) is 55.1 cm³/mol. The lowest BCUT2D eigenvalue weighted by Gasteiger charge is -2.07. The molecule has 0 radical (unpaired) electrons. The Hall–Kier alpha value is -1.51. The number of alkyl carbamates (subject to hydrolysis) is 1. The van der Waals surface area contributed by atoms with E-state index in [4.69, 9.17) is 4.74 Å². The third kappa shape index (κ3) is 2.76. The fourth-order valence-electron chi connectivity index (χ4n) is 1.26. The Bertz CT molecular complexity index is 310. The molecule has 1 aromatic carbocycles. The average Bonchev–Trinajstić information content (AvgIpc) is 2.26. The summed E-state index contributed by atoms with van der Waals surface area (Å²) in [6, 6.07) is 7.95. The van der Waals surface area contributed by atoms with Gasteiger partial charge in [-0.15, -0.1) is 0 Å². The van der Waals surface area contributed by atoms with Crippen LogP contribution in [0.15, 0.2) is 24.3 Å². The number of nitrogens with one attached hydrogen (secondary N) is 1. The maximum absolute atomic E-state index is 10.9. The second kappa shape index (κ2) is 5.27. The zero-order valence-corrected chi connectivity index (χ0v) is 8.54. The highest BCUT2D eigenvalue weighted by Gasteiger charge is 2.02. The van der Waals surface area contributed by atoms with E-state index in [9.17, 15) is 4.79 Å². The van der Waals surface area contributed by atoms with Crippen molar-refractivity contribution in [3.63, 3.8) is 0 Å². The fourth-order valence-corrected chi connectivity index (χ4v) is 1.26. The molecule has 0 saturated heterocycles. The number of amides is 1. The molecule has 0 saturated carbocycles. The van der Waals surface area contributed by atoms with Crippen molar-refractivity contribution in [2.24, 2.45) is 0 Å². The molecule has 76 valence electrons. The Labute approximate surface area is 84.1 Å². The largest absolute Gasteiger partial charge is 0.445 e. The molecular formula is C11H15NO2. The number of hydrogen-bond acceptors (Lipinski definition) is 2. The average molecular weight is 193 g/mol. The molecule has 0 spiro atoms. The Morgan fingerprint density at radius 2 is 2.00 bits per heavy atom. The van der Waals surface area contributed by atoms with Gasteiger partial charge in [-0.1, -0.05) is 31.2 Å². The van der Waals surface area contributed by atoms with Crippen molar-refractivity contribution in [1.82, 2.24) is 5.32 Å². The number of rotatable bonds is 3. The second-order valence-corrected chi connectivity index (χ2v) is 2.95. The molecule has 0 unspecified atom stereocenters. The molecule has 14 heavy (non-hydrogen) atoms. The minimum atomic E-state index is -0.393. The van der Waals surface area contributed by atoms with Crippen LogP contribution < -0.4 is 5.32 Å². The normalized spacial score (nSPS) is 9.57. The van der Waals surface area contributed by atoms with Crippen LogP contribution in [0.5, 0.6) is 0 Å². The van der Waals surface area contributed by atoms with Gasteiger partial charge in [-0.3, -0.25) is 0 Å². The summed E-state index contributed by atoms with van der Waals surface area (Å²) >= 11 is 0. The molecule has 0 aliphatic heterocycles. The maximum atomic E-state index is 10.9. The zero-order chi connectivity index (χ0) is 10.4. The smallest absolute Gasteiger partial charge is 0.407 e. The van der Waals surface area contributed by atoms with E-state index >= 15 is 0 Å². The van der Waals surface area contributed by atoms with Crippen LogP contribution in [0.3, 0.4) is 0 Å². The molecular weight excluding hydrogens is 178 g/mol. The summed E-state index contributed by atoms with van der Waals surface area (Å²) in [6.45, 7) is 2.42. The van der Waals surface area contributed by atoms with E-state index in [-0.39, 0.29) is 0 Å². The SMILES string of the molecule is CCc1ccccc1COC(=O)NC. The van der Waals surface area contributed by atoms with Gasteiger partial charge in [0.25, 0.3) is 0 Å². The van der Waals surface area contributed by atoms with Crippen molar-refractivity contribution in [2.75, 3.05) is 7.05 Å². The van der Waals surface area contributed by atoms with Crippen LogP contribution in [-0.2, 0) is 17.8 Å². The van der Waals surface area contributed by atoms with E-state index in [1.807, 2.05) is 24.3 Å². The Balaban J connectivity index is 2.61. The number of hydrogen-bond donors (Lipinski definition) is 1. The van der Waals surface area contributed by atoms with Gasteiger partial charge < -0.3 is 10.1 Å². The third-order valence-electron chi connectivity index (χ3n) is 2.06. The van der Waals surface area contributed by atoms with Gasteiger partial charge in [0.05, 0.1) is 0 Å². The maximum Gasteiger partial charge on any atom is 0.407 e. The number of carbonyl (C=O) groups excluding carboxylic acids is 1. The summed E-state index contributed by atoms with van der Waals surface area (Å²) in [5.74, 6) is 0. The molecule has 0 heterocycles. The van der Waals surface area contributed by atoms with Gasteiger partial charge in [-0.25, -0.2) is 4.79 Å². The van der Waals surface area contributed by atoms with Crippen molar-refractivity contribution >= 4 is 6.09 Å². The van der Waals surface area contributed by atoms with E-state index in [0.29, 0.717) is 6.61 Å². The lowest BCUT2D eigenvalue weighted by Crippen LogP contribution is -2.19. The summed E-state index contributed by atoms with van der Waals surface area (Å²) in [6.07, 6.45) is 0.559. The lowest BCUT2D eigenvalue weighted by molar-refractivity contribution is 0.141. The number of ether oxygens (including phenoxy) is 1. The van der Waals surface area contributed by atoms with Crippen LogP contribution in [-0.4, -0.2) is 13.1 Å². The lowest BCUT2D eigenvalue weighted by atomic mass is 10.1. The molecule has 3 heteroatoms. The molecule has 0 fully saturated rings. The summed E-state index contributed by atoms with van der Waals surface area (Å²) in [5, 5.41) is 2.41. The minimum Gasteiger partial charge on any atom is -0.445 e. The highest BCUT2D eigenvalue weighted by Crippen LogP contribution is 2.10. The zero-order valence-electron chi connectivity index (χ0n) is 8.54. The molecule has 3 nitrogen and oxygen atoms in total. The Morgan fingerprint density at radius 3 is 2.57 bits per heavy atom. The van der Waals surface area contributed by atoms with Gasteiger partial charge in [0.2, 0.25) is 0 Å². The molecule has 1 N–H and O–H groups in total. The minimum absolute atomic E-state index is 0.337. The summed E-state index contributed by atoms with van der Waals surface area (Å²) in [7, 11) is 1.55. The molecule has 0 aromatic heterocycles. The van der Waals surface area contributed by atoms with Crippen molar-refractivity contribution < 1.29 is 9.53 Å². The molecule has 1 rings (SSSR count). The number of aryl methyl sites for hydroxylation is 1. The first-order valence-electron chi connectivity index (χ1n) is 4.69. The van der Waals surface area contributed by atoms with Crippen molar-refractivity contribution in [1.29, 1.82) is 0 Å². The topological polar surface area (TPSA) is 38.3 Å². The summed E-state index contributed by atoms with van der Waals surface area (Å²) in [5.41, 5.74) is 2.29. The van der Waals surface area contributed by atoms with Crippen LogP contribution in [0, 0.1) is 0 Å². The van der Waals surface area contributed by atoms with Crippen LogP contribution in [0.2, 0.25) is 0 Å². The molecule has 1 aromatic rings. The monoisotopic (exact) mass is 193 g/mol. The summed E-state index contributed by atoms with van der Waals surface area (Å²) in [4.78, 5) is 10.9. The van der Waals surface area contributed by atoms with Gasteiger partial charge in [-0.05, 0) is 17.5 Å². The van der Waals surface area contributed by atoms with Gasteiger partial charge in [0.15, 0.2) is 0 Å². The number of benzene rings is 1. The first-order valence-corrected chi connectivity index (χ1v) is 4.69.